The maximum atomic E-state index is 13.9. The molecular formula is C28H32FN3O4S. The van der Waals surface area contributed by atoms with Gasteiger partial charge >= 0.3 is 0 Å². The lowest BCUT2D eigenvalue weighted by Crippen LogP contribution is -2.53. The van der Waals surface area contributed by atoms with Crippen LogP contribution in [-0.4, -0.2) is 50.5 Å². The maximum Gasteiger partial charge on any atom is 0.244 e. The number of nitrogens with zero attached hydrogens (tertiary/aromatic N) is 2. The van der Waals surface area contributed by atoms with E-state index in [0.717, 1.165) is 39.4 Å². The number of aryl methyl sites for hydroxylation is 1. The number of anilines is 1. The van der Waals surface area contributed by atoms with Crippen molar-refractivity contribution in [3.05, 3.63) is 101 Å². The van der Waals surface area contributed by atoms with E-state index in [9.17, 15) is 22.4 Å². The zero-order valence-electron chi connectivity index (χ0n) is 21.2. The van der Waals surface area contributed by atoms with E-state index < -0.39 is 34.3 Å². The molecule has 0 aliphatic carbocycles. The van der Waals surface area contributed by atoms with Gasteiger partial charge in [-0.15, -0.1) is 0 Å². The van der Waals surface area contributed by atoms with E-state index in [2.05, 4.69) is 5.32 Å². The first-order valence-corrected chi connectivity index (χ1v) is 13.8. The van der Waals surface area contributed by atoms with E-state index in [0.29, 0.717) is 6.54 Å². The highest BCUT2D eigenvalue weighted by atomic mass is 32.2. The number of hydrogen-bond acceptors (Lipinski definition) is 4. The molecule has 1 N–H and O–H groups in total. The van der Waals surface area contributed by atoms with Crippen molar-refractivity contribution in [1.82, 2.24) is 10.2 Å². The first kappa shape index (κ1) is 27.9. The van der Waals surface area contributed by atoms with Crippen LogP contribution in [0.15, 0.2) is 78.9 Å². The van der Waals surface area contributed by atoms with E-state index >= 15 is 0 Å². The number of sulfonamides is 1. The Bertz CT molecular complexity index is 1310. The van der Waals surface area contributed by atoms with Crippen molar-refractivity contribution < 1.29 is 22.4 Å². The van der Waals surface area contributed by atoms with Gasteiger partial charge in [-0.05, 0) is 54.8 Å². The number of nitrogens with one attached hydrogen (secondary N) is 1. The predicted molar refractivity (Wildman–Crippen MR) is 143 cm³/mol. The molecule has 0 bridgehead atoms. The molecule has 9 heteroatoms. The molecule has 0 heterocycles. The minimum Gasteiger partial charge on any atom is -0.355 e. The van der Waals surface area contributed by atoms with Crippen LogP contribution in [0.3, 0.4) is 0 Å². The van der Waals surface area contributed by atoms with Crippen molar-refractivity contribution in [2.75, 3.05) is 23.7 Å². The van der Waals surface area contributed by atoms with Gasteiger partial charge in [0, 0.05) is 19.5 Å². The van der Waals surface area contributed by atoms with Crippen molar-refractivity contribution in [1.29, 1.82) is 0 Å². The summed E-state index contributed by atoms with van der Waals surface area (Å²) in [5.41, 5.74) is 2.80. The number of likely N-dealkylation sites (N-methyl/N-ethyl adjacent to an activating group) is 1. The van der Waals surface area contributed by atoms with Crippen LogP contribution in [0.1, 0.15) is 23.6 Å². The highest BCUT2D eigenvalue weighted by molar-refractivity contribution is 7.92. The second kappa shape index (κ2) is 12.5. The van der Waals surface area contributed by atoms with Crippen LogP contribution in [0, 0.1) is 12.7 Å². The first-order chi connectivity index (χ1) is 17.6. The number of rotatable bonds is 11. The topological polar surface area (TPSA) is 86.8 Å². The van der Waals surface area contributed by atoms with Crippen LogP contribution in [0.25, 0.3) is 0 Å². The van der Waals surface area contributed by atoms with E-state index in [4.69, 9.17) is 0 Å². The highest BCUT2D eigenvalue weighted by Crippen LogP contribution is 2.21. The number of amides is 2. The highest BCUT2D eigenvalue weighted by Gasteiger charge is 2.33. The summed E-state index contributed by atoms with van der Waals surface area (Å²) < 4.78 is 39.8. The third-order valence-corrected chi connectivity index (χ3v) is 7.16. The van der Waals surface area contributed by atoms with Crippen LogP contribution >= 0.6 is 0 Å². The quantitative estimate of drug-likeness (QED) is 0.414. The van der Waals surface area contributed by atoms with Gasteiger partial charge in [-0.2, -0.15) is 0 Å². The molecule has 0 saturated carbocycles. The smallest absolute Gasteiger partial charge is 0.244 e. The molecule has 196 valence electrons. The second-order valence-corrected chi connectivity index (χ2v) is 10.7. The summed E-state index contributed by atoms with van der Waals surface area (Å²) in [7, 11) is -3.89. The van der Waals surface area contributed by atoms with Gasteiger partial charge < -0.3 is 10.2 Å². The number of benzene rings is 3. The van der Waals surface area contributed by atoms with Gasteiger partial charge in [-0.3, -0.25) is 13.9 Å². The Morgan fingerprint density at radius 2 is 1.57 bits per heavy atom. The molecule has 7 nitrogen and oxygen atoms in total. The SMILES string of the molecule is CCNC(=O)[C@@H](Cc1ccccc1)N(Cc1ccccc1C)C(=O)CN(c1ccc(F)cc1)S(C)(=O)=O. The Hall–Kier alpha value is -3.72. The van der Waals surface area contributed by atoms with Gasteiger partial charge in [0.25, 0.3) is 0 Å². The molecule has 0 fully saturated rings. The molecule has 3 rings (SSSR count). The van der Waals surface area contributed by atoms with Crippen molar-refractivity contribution in [3.63, 3.8) is 0 Å². The molecule has 0 radical (unpaired) electrons. The fraction of sp³-hybridized carbons (Fsp3) is 0.286. The molecule has 0 spiro atoms. The fourth-order valence-corrected chi connectivity index (χ4v) is 4.89. The van der Waals surface area contributed by atoms with E-state index in [-0.39, 0.29) is 24.6 Å². The minimum absolute atomic E-state index is 0.112. The molecule has 2 amide bonds. The summed E-state index contributed by atoms with van der Waals surface area (Å²) in [5.74, 6) is -1.41. The van der Waals surface area contributed by atoms with Gasteiger partial charge in [0.15, 0.2) is 0 Å². The van der Waals surface area contributed by atoms with Crippen LogP contribution < -0.4 is 9.62 Å². The summed E-state index contributed by atoms with van der Waals surface area (Å²) in [6, 6.07) is 20.9. The third kappa shape index (κ3) is 7.63. The Balaban J connectivity index is 2.04. The minimum atomic E-state index is -3.89. The Kier molecular flexibility index (Phi) is 9.41. The van der Waals surface area contributed by atoms with Gasteiger partial charge in [0.05, 0.1) is 11.9 Å². The number of carbonyl (C=O) groups excluding carboxylic acids is 2. The summed E-state index contributed by atoms with van der Waals surface area (Å²) >= 11 is 0. The Morgan fingerprint density at radius 3 is 2.16 bits per heavy atom. The molecule has 0 saturated heterocycles. The molecule has 0 aliphatic heterocycles. The second-order valence-electron chi connectivity index (χ2n) is 8.79. The largest absolute Gasteiger partial charge is 0.355 e. The molecular weight excluding hydrogens is 493 g/mol. The summed E-state index contributed by atoms with van der Waals surface area (Å²) in [4.78, 5) is 28.6. The predicted octanol–water partition coefficient (Wildman–Crippen LogP) is 3.68. The van der Waals surface area contributed by atoms with Crippen molar-refractivity contribution in [3.8, 4) is 0 Å². The van der Waals surface area contributed by atoms with Crippen molar-refractivity contribution in [2.45, 2.75) is 32.9 Å². The standard InChI is InChI=1S/C28H32FN3O4S/c1-4-30-28(34)26(18-22-11-6-5-7-12-22)31(19-23-13-9-8-10-21(23)2)27(33)20-32(37(3,35)36)25-16-14-24(29)15-17-25/h5-17,26H,4,18-20H2,1-3H3,(H,30,34)/t26-/m1/s1. The lowest BCUT2D eigenvalue weighted by molar-refractivity contribution is -0.140. The Morgan fingerprint density at radius 1 is 0.946 bits per heavy atom. The van der Waals surface area contributed by atoms with Crippen LogP contribution in [-0.2, 0) is 32.6 Å². The van der Waals surface area contributed by atoms with Crippen LogP contribution in [0.4, 0.5) is 10.1 Å². The average Bonchev–Trinajstić information content (AvgIpc) is 2.86. The first-order valence-electron chi connectivity index (χ1n) is 12.0. The third-order valence-electron chi connectivity index (χ3n) is 6.02. The van der Waals surface area contributed by atoms with Gasteiger partial charge in [0.2, 0.25) is 21.8 Å². The molecule has 3 aromatic carbocycles. The molecule has 3 aromatic rings. The van der Waals surface area contributed by atoms with Crippen LogP contribution in [0.5, 0.6) is 0 Å². The van der Waals surface area contributed by atoms with Gasteiger partial charge in [-0.25, -0.2) is 12.8 Å². The maximum absolute atomic E-state index is 13.9. The van der Waals surface area contributed by atoms with E-state index in [1.54, 1.807) is 6.92 Å². The fourth-order valence-electron chi connectivity index (χ4n) is 4.04. The normalized spacial score (nSPS) is 12.0. The molecule has 1 atom stereocenters. The summed E-state index contributed by atoms with van der Waals surface area (Å²) in [6.07, 6.45) is 1.24. The van der Waals surface area contributed by atoms with Crippen molar-refractivity contribution >= 4 is 27.5 Å². The van der Waals surface area contributed by atoms with E-state index in [1.807, 2.05) is 61.5 Å². The Labute approximate surface area is 218 Å². The van der Waals surface area contributed by atoms with Crippen LogP contribution in [0.2, 0.25) is 0 Å². The zero-order valence-corrected chi connectivity index (χ0v) is 22.0. The number of hydrogen-bond donors (Lipinski definition) is 1. The molecule has 0 unspecified atom stereocenters. The van der Waals surface area contributed by atoms with Gasteiger partial charge in [-0.1, -0.05) is 54.6 Å². The molecule has 0 aliphatic rings. The molecule has 37 heavy (non-hydrogen) atoms. The summed E-state index contributed by atoms with van der Waals surface area (Å²) in [6.45, 7) is 3.66. The number of halogens is 1. The average molecular weight is 526 g/mol. The van der Waals surface area contributed by atoms with Gasteiger partial charge in [0.1, 0.15) is 18.4 Å². The summed E-state index contributed by atoms with van der Waals surface area (Å²) in [5, 5.41) is 2.82. The zero-order chi connectivity index (χ0) is 27.0. The van der Waals surface area contributed by atoms with Crippen molar-refractivity contribution in [2.24, 2.45) is 0 Å². The lowest BCUT2D eigenvalue weighted by atomic mass is 10.0. The van der Waals surface area contributed by atoms with E-state index in [1.165, 1.54) is 17.0 Å². The lowest BCUT2D eigenvalue weighted by Gasteiger charge is -2.33. The molecule has 0 aromatic heterocycles. The number of carbonyl (C=O) groups is 2. The monoisotopic (exact) mass is 525 g/mol.